The van der Waals surface area contributed by atoms with Gasteiger partial charge in [0.15, 0.2) is 5.78 Å². The molecule has 0 fully saturated rings. The van der Waals surface area contributed by atoms with Crippen LogP contribution in [0.2, 0.25) is 0 Å². The molecule has 0 bridgehead atoms. The van der Waals surface area contributed by atoms with E-state index in [2.05, 4.69) is 0 Å². The van der Waals surface area contributed by atoms with E-state index in [0.717, 1.165) is 0 Å². The van der Waals surface area contributed by atoms with E-state index >= 15 is 0 Å². The first kappa shape index (κ1) is 10.4. The SMILES string of the molecule is Nc1ccc(C(=O)CC(Cl)Cl)cc1. The predicted molar refractivity (Wildman–Crippen MR) is 55.3 cm³/mol. The number of benzene rings is 1. The molecule has 1 rings (SSSR count). The molecule has 0 aliphatic carbocycles. The molecule has 0 radical (unpaired) electrons. The summed E-state index contributed by atoms with van der Waals surface area (Å²) in [4.78, 5) is 10.7. The number of carbonyl (C=O) groups excluding carboxylic acids is 1. The molecule has 0 saturated carbocycles. The van der Waals surface area contributed by atoms with Crippen LogP contribution in [0, 0.1) is 0 Å². The van der Waals surface area contributed by atoms with Crippen LogP contribution in [0.5, 0.6) is 0 Å². The quantitative estimate of drug-likeness (QED) is 0.481. The van der Waals surface area contributed by atoms with Gasteiger partial charge >= 0.3 is 0 Å². The van der Waals surface area contributed by atoms with Gasteiger partial charge in [0.1, 0.15) is 4.84 Å². The van der Waals surface area contributed by atoms with E-state index in [9.17, 15) is 4.79 Å². The maximum Gasteiger partial charge on any atom is 0.165 e. The van der Waals surface area contributed by atoms with Crippen molar-refractivity contribution < 1.29 is 4.79 Å². The Bertz CT molecular complexity index is 295. The van der Waals surface area contributed by atoms with Crippen LogP contribution in [0.15, 0.2) is 24.3 Å². The summed E-state index contributed by atoms with van der Waals surface area (Å²) in [5, 5.41) is 0. The Balaban J connectivity index is 2.72. The third-order valence-electron chi connectivity index (χ3n) is 1.57. The summed E-state index contributed by atoms with van der Waals surface area (Å²) in [6, 6.07) is 6.66. The van der Waals surface area contributed by atoms with Gasteiger partial charge in [-0.1, -0.05) is 0 Å². The smallest absolute Gasteiger partial charge is 0.165 e. The third kappa shape index (κ3) is 3.25. The van der Waals surface area contributed by atoms with Gasteiger partial charge in [0.25, 0.3) is 0 Å². The minimum Gasteiger partial charge on any atom is -0.399 e. The van der Waals surface area contributed by atoms with Crippen LogP contribution in [0.3, 0.4) is 0 Å². The molecule has 13 heavy (non-hydrogen) atoms. The minimum atomic E-state index is -0.648. The summed E-state index contributed by atoms with van der Waals surface area (Å²) in [6.45, 7) is 0. The van der Waals surface area contributed by atoms with E-state index in [1.54, 1.807) is 24.3 Å². The number of nitrogens with two attached hydrogens (primary N) is 1. The lowest BCUT2D eigenvalue weighted by molar-refractivity contribution is 0.0987. The molecule has 70 valence electrons. The Morgan fingerprint density at radius 1 is 1.31 bits per heavy atom. The zero-order valence-corrected chi connectivity index (χ0v) is 8.35. The fraction of sp³-hybridized carbons (Fsp3) is 0.222. The molecule has 1 aromatic carbocycles. The first-order chi connectivity index (χ1) is 6.09. The van der Waals surface area contributed by atoms with Crippen molar-refractivity contribution in [2.45, 2.75) is 11.3 Å². The Hall–Kier alpha value is -0.730. The second-order valence-electron chi connectivity index (χ2n) is 2.64. The standard InChI is InChI=1S/C9H9Cl2NO/c10-9(11)5-8(13)6-1-3-7(12)4-2-6/h1-4,9H,5,12H2. The molecule has 0 amide bonds. The summed E-state index contributed by atoms with van der Waals surface area (Å²) in [5.41, 5.74) is 6.68. The normalized spacial score (nSPS) is 10.4. The number of hydrogen-bond acceptors (Lipinski definition) is 2. The highest BCUT2D eigenvalue weighted by Crippen LogP contribution is 2.13. The molecule has 0 aliphatic heterocycles. The van der Waals surface area contributed by atoms with E-state index in [1.165, 1.54) is 0 Å². The number of carbonyl (C=O) groups is 1. The van der Waals surface area contributed by atoms with E-state index in [0.29, 0.717) is 11.3 Å². The number of ketones is 1. The van der Waals surface area contributed by atoms with Gasteiger partial charge in [-0.3, -0.25) is 4.79 Å². The number of halogens is 2. The highest BCUT2D eigenvalue weighted by Gasteiger charge is 2.09. The first-order valence-corrected chi connectivity index (χ1v) is 4.64. The van der Waals surface area contributed by atoms with Crippen molar-refractivity contribution in [1.29, 1.82) is 0 Å². The molecular formula is C9H9Cl2NO. The zero-order chi connectivity index (χ0) is 9.84. The predicted octanol–water partition coefficient (Wildman–Crippen LogP) is 2.65. The van der Waals surface area contributed by atoms with Crippen LogP contribution in [-0.4, -0.2) is 10.6 Å². The molecule has 0 atom stereocenters. The monoisotopic (exact) mass is 217 g/mol. The lowest BCUT2D eigenvalue weighted by Gasteiger charge is -2.01. The van der Waals surface area contributed by atoms with Crippen LogP contribution in [0.1, 0.15) is 16.8 Å². The lowest BCUT2D eigenvalue weighted by Crippen LogP contribution is -2.03. The largest absolute Gasteiger partial charge is 0.399 e. The highest BCUT2D eigenvalue weighted by molar-refractivity contribution is 6.45. The van der Waals surface area contributed by atoms with Crippen LogP contribution < -0.4 is 5.73 Å². The Morgan fingerprint density at radius 2 is 1.85 bits per heavy atom. The third-order valence-corrected chi connectivity index (χ3v) is 1.88. The number of anilines is 1. The van der Waals surface area contributed by atoms with Crippen LogP contribution in [-0.2, 0) is 0 Å². The van der Waals surface area contributed by atoms with Gasteiger partial charge in [0.2, 0.25) is 0 Å². The Morgan fingerprint density at radius 3 is 2.31 bits per heavy atom. The molecule has 4 heteroatoms. The molecule has 0 spiro atoms. The first-order valence-electron chi connectivity index (χ1n) is 3.76. The second-order valence-corrected chi connectivity index (χ2v) is 3.92. The van der Waals surface area contributed by atoms with Gasteiger partial charge in [-0.2, -0.15) is 0 Å². The summed E-state index contributed by atoms with van der Waals surface area (Å²) in [6.07, 6.45) is 0.132. The van der Waals surface area contributed by atoms with Crippen LogP contribution in [0.25, 0.3) is 0 Å². The van der Waals surface area contributed by atoms with Gasteiger partial charge in [-0.05, 0) is 24.3 Å². The average molecular weight is 218 g/mol. The second kappa shape index (κ2) is 4.49. The van der Waals surface area contributed by atoms with Crippen molar-refractivity contribution in [2.24, 2.45) is 0 Å². The van der Waals surface area contributed by atoms with Crippen molar-refractivity contribution in [2.75, 3.05) is 5.73 Å². The summed E-state index contributed by atoms with van der Waals surface area (Å²) in [5.74, 6) is -0.0741. The zero-order valence-electron chi connectivity index (χ0n) is 6.84. The molecule has 2 nitrogen and oxygen atoms in total. The lowest BCUT2D eigenvalue weighted by atomic mass is 10.1. The molecule has 0 heterocycles. The average Bonchev–Trinajstić information content (AvgIpc) is 2.04. The van der Waals surface area contributed by atoms with Crippen LogP contribution >= 0.6 is 23.2 Å². The van der Waals surface area contributed by atoms with Gasteiger partial charge < -0.3 is 5.73 Å². The maximum atomic E-state index is 11.4. The van der Waals surface area contributed by atoms with Crippen molar-refractivity contribution in [3.63, 3.8) is 0 Å². The Kier molecular flexibility index (Phi) is 3.58. The molecule has 2 N–H and O–H groups in total. The molecule has 0 aliphatic rings. The maximum absolute atomic E-state index is 11.4. The fourth-order valence-corrected chi connectivity index (χ4v) is 1.21. The summed E-state index contributed by atoms with van der Waals surface area (Å²) >= 11 is 10.9. The summed E-state index contributed by atoms with van der Waals surface area (Å²) < 4.78 is 0. The summed E-state index contributed by atoms with van der Waals surface area (Å²) in [7, 11) is 0. The van der Waals surface area contributed by atoms with E-state index in [-0.39, 0.29) is 12.2 Å². The number of Topliss-reactive ketones (excluding diaryl/α,β-unsaturated/α-hetero) is 1. The molecular weight excluding hydrogens is 209 g/mol. The van der Waals surface area contributed by atoms with Crippen molar-refractivity contribution in [1.82, 2.24) is 0 Å². The van der Waals surface area contributed by atoms with Crippen LogP contribution in [0.4, 0.5) is 5.69 Å². The van der Waals surface area contributed by atoms with Crippen molar-refractivity contribution in [3.8, 4) is 0 Å². The van der Waals surface area contributed by atoms with E-state index < -0.39 is 4.84 Å². The molecule has 0 aromatic heterocycles. The highest BCUT2D eigenvalue weighted by atomic mass is 35.5. The number of nitrogen functional groups attached to an aromatic ring is 1. The molecule has 1 aromatic rings. The van der Waals surface area contributed by atoms with Crippen molar-refractivity contribution in [3.05, 3.63) is 29.8 Å². The van der Waals surface area contributed by atoms with Gasteiger partial charge in [-0.15, -0.1) is 23.2 Å². The number of alkyl halides is 2. The topological polar surface area (TPSA) is 43.1 Å². The number of rotatable bonds is 3. The number of hydrogen-bond donors (Lipinski definition) is 1. The van der Waals surface area contributed by atoms with Gasteiger partial charge in [-0.25, -0.2) is 0 Å². The molecule has 0 unspecified atom stereocenters. The van der Waals surface area contributed by atoms with E-state index in [4.69, 9.17) is 28.9 Å². The van der Waals surface area contributed by atoms with E-state index in [1.807, 2.05) is 0 Å². The fourth-order valence-electron chi connectivity index (χ4n) is 0.927. The van der Waals surface area contributed by atoms with Gasteiger partial charge in [0.05, 0.1) is 0 Å². The Labute approximate surface area is 86.6 Å². The van der Waals surface area contributed by atoms with Gasteiger partial charge in [0, 0.05) is 17.7 Å². The van der Waals surface area contributed by atoms with Crippen molar-refractivity contribution >= 4 is 34.7 Å². The minimum absolute atomic E-state index is 0.0741. The molecule has 0 saturated heterocycles.